The molecule has 0 aliphatic rings. The first-order valence-corrected chi connectivity index (χ1v) is 5.38. The van der Waals surface area contributed by atoms with Gasteiger partial charge in [0.25, 0.3) is 0 Å². The van der Waals surface area contributed by atoms with E-state index in [2.05, 4.69) is 42.8 Å². The van der Waals surface area contributed by atoms with Gasteiger partial charge in [-0.1, -0.05) is 36.4 Å². The van der Waals surface area contributed by atoms with Gasteiger partial charge >= 0.3 is 0 Å². The van der Waals surface area contributed by atoms with Crippen molar-refractivity contribution in [1.82, 2.24) is 0 Å². The van der Waals surface area contributed by atoms with E-state index in [1.807, 2.05) is 13.8 Å². The molecule has 80 valence electrons. The maximum absolute atomic E-state index is 4.36. The summed E-state index contributed by atoms with van der Waals surface area (Å²) in [5, 5.41) is 0. The van der Waals surface area contributed by atoms with Crippen LogP contribution in [0.4, 0.5) is 0 Å². The molecule has 0 fully saturated rings. The fourth-order valence-corrected chi connectivity index (χ4v) is 1.43. The van der Waals surface area contributed by atoms with E-state index in [1.165, 1.54) is 11.1 Å². The second-order valence-electron chi connectivity index (χ2n) is 3.83. The lowest BCUT2D eigenvalue weighted by atomic mass is 10.0. The average molecular weight is 201 g/mol. The van der Waals surface area contributed by atoms with Crippen molar-refractivity contribution in [3.8, 4) is 0 Å². The molecule has 0 amide bonds. The van der Waals surface area contributed by atoms with E-state index in [-0.39, 0.29) is 0 Å². The maximum atomic E-state index is 4.36. The number of allylic oxidation sites excluding steroid dienone is 1. The van der Waals surface area contributed by atoms with Crippen molar-refractivity contribution < 1.29 is 0 Å². The number of benzene rings is 1. The highest BCUT2D eigenvalue weighted by Crippen LogP contribution is 2.09. The van der Waals surface area contributed by atoms with Crippen molar-refractivity contribution in [2.75, 3.05) is 6.54 Å². The zero-order valence-electron chi connectivity index (χ0n) is 9.88. The van der Waals surface area contributed by atoms with Crippen molar-refractivity contribution in [3.63, 3.8) is 0 Å². The molecule has 0 unspecified atom stereocenters. The zero-order valence-corrected chi connectivity index (χ0v) is 9.88. The Morgan fingerprint density at radius 1 is 1.27 bits per heavy atom. The number of aliphatic imine (C=N–C) groups is 1. The van der Waals surface area contributed by atoms with E-state index < -0.39 is 0 Å². The first-order valence-electron chi connectivity index (χ1n) is 5.38. The summed E-state index contributed by atoms with van der Waals surface area (Å²) >= 11 is 0. The van der Waals surface area contributed by atoms with Crippen molar-refractivity contribution in [3.05, 3.63) is 47.5 Å². The van der Waals surface area contributed by atoms with Crippen LogP contribution in [0.5, 0.6) is 0 Å². The predicted molar refractivity (Wildman–Crippen MR) is 67.7 cm³/mol. The zero-order chi connectivity index (χ0) is 11.3. The second-order valence-corrected chi connectivity index (χ2v) is 3.83. The highest BCUT2D eigenvalue weighted by Gasteiger charge is 2.00. The van der Waals surface area contributed by atoms with Gasteiger partial charge in [-0.15, -0.1) is 0 Å². The lowest BCUT2D eigenvalue weighted by Crippen LogP contribution is -2.00. The molecule has 0 aromatic heterocycles. The lowest BCUT2D eigenvalue weighted by Gasteiger charge is -2.05. The third kappa shape index (κ3) is 3.70. The van der Waals surface area contributed by atoms with Crippen LogP contribution in [0.2, 0.25) is 0 Å². The Labute approximate surface area is 92.6 Å². The first-order chi connectivity index (χ1) is 7.13. The largest absolute Gasteiger partial charge is 0.290 e. The van der Waals surface area contributed by atoms with Crippen LogP contribution in [0.3, 0.4) is 0 Å². The molecular formula is C14H19N. The fraction of sp³-hybridized carbons (Fsp3) is 0.357. The average Bonchev–Trinajstić information content (AvgIpc) is 2.22. The van der Waals surface area contributed by atoms with Crippen molar-refractivity contribution in [2.24, 2.45) is 4.99 Å². The van der Waals surface area contributed by atoms with Crippen LogP contribution in [0.15, 0.2) is 41.4 Å². The molecule has 1 rings (SSSR count). The van der Waals surface area contributed by atoms with Crippen LogP contribution in [0.1, 0.15) is 25.0 Å². The molecule has 15 heavy (non-hydrogen) atoms. The lowest BCUT2D eigenvalue weighted by molar-refractivity contribution is 1.11. The molecule has 0 N–H and O–H groups in total. The van der Waals surface area contributed by atoms with Crippen LogP contribution >= 0.6 is 0 Å². The summed E-state index contributed by atoms with van der Waals surface area (Å²) in [5.41, 5.74) is 4.78. The molecular weight excluding hydrogens is 182 g/mol. The molecule has 0 saturated heterocycles. The topological polar surface area (TPSA) is 12.4 Å². The van der Waals surface area contributed by atoms with Gasteiger partial charge in [0, 0.05) is 12.3 Å². The summed E-state index contributed by atoms with van der Waals surface area (Å²) in [5.74, 6) is 0. The molecule has 0 aliphatic carbocycles. The van der Waals surface area contributed by atoms with Crippen molar-refractivity contribution >= 4 is 5.71 Å². The highest BCUT2D eigenvalue weighted by atomic mass is 14.7. The van der Waals surface area contributed by atoms with Gasteiger partial charge in [-0.05, 0) is 38.3 Å². The SMILES string of the molecule is C=C(Cc1ccc(C)cc1)C(C)=NCC. The quantitative estimate of drug-likeness (QED) is 0.660. The molecule has 0 spiro atoms. The Kier molecular flexibility index (Phi) is 4.29. The highest BCUT2D eigenvalue weighted by molar-refractivity contribution is 5.97. The van der Waals surface area contributed by atoms with Gasteiger partial charge in [0.05, 0.1) is 0 Å². The summed E-state index contributed by atoms with van der Waals surface area (Å²) in [6.45, 7) is 11.1. The van der Waals surface area contributed by atoms with Crippen LogP contribution in [-0.2, 0) is 6.42 Å². The van der Waals surface area contributed by atoms with Crippen molar-refractivity contribution in [2.45, 2.75) is 27.2 Å². The summed E-state index contributed by atoms with van der Waals surface area (Å²) in [6.07, 6.45) is 0.898. The van der Waals surface area contributed by atoms with Crippen LogP contribution in [0, 0.1) is 6.92 Å². The van der Waals surface area contributed by atoms with E-state index in [4.69, 9.17) is 0 Å². The molecule has 0 atom stereocenters. The Morgan fingerprint density at radius 2 is 1.87 bits per heavy atom. The minimum Gasteiger partial charge on any atom is -0.290 e. The van der Waals surface area contributed by atoms with Crippen LogP contribution < -0.4 is 0 Å². The molecule has 1 nitrogen and oxygen atoms in total. The monoisotopic (exact) mass is 201 g/mol. The number of rotatable bonds is 4. The molecule has 1 aromatic carbocycles. The van der Waals surface area contributed by atoms with E-state index in [0.717, 1.165) is 24.3 Å². The van der Waals surface area contributed by atoms with Crippen LogP contribution in [0.25, 0.3) is 0 Å². The van der Waals surface area contributed by atoms with E-state index >= 15 is 0 Å². The summed E-state index contributed by atoms with van der Waals surface area (Å²) < 4.78 is 0. The number of nitrogens with zero attached hydrogens (tertiary/aromatic N) is 1. The summed E-state index contributed by atoms with van der Waals surface area (Å²) in [4.78, 5) is 4.36. The number of aryl methyl sites for hydroxylation is 1. The van der Waals surface area contributed by atoms with Gasteiger partial charge < -0.3 is 0 Å². The third-order valence-electron chi connectivity index (χ3n) is 2.45. The Bertz CT molecular complexity index is 357. The van der Waals surface area contributed by atoms with Gasteiger partial charge in [0.2, 0.25) is 0 Å². The molecule has 0 saturated carbocycles. The molecule has 0 heterocycles. The number of hydrogen-bond acceptors (Lipinski definition) is 1. The smallest absolute Gasteiger partial charge is 0.0364 e. The Balaban J connectivity index is 2.66. The molecule has 1 heteroatoms. The predicted octanol–water partition coefficient (Wildman–Crippen LogP) is 3.57. The molecule has 1 aromatic rings. The van der Waals surface area contributed by atoms with Gasteiger partial charge in [0.15, 0.2) is 0 Å². The van der Waals surface area contributed by atoms with Gasteiger partial charge in [-0.3, -0.25) is 4.99 Å². The fourth-order valence-electron chi connectivity index (χ4n) is 1.43. The van der Waals surface area contributed by atoms with E-state index in [0.29, 0.717) is 0 Å². The summed E-state index contributed by atoms with van der Waals surface area (Å²) in [6, 6.07) is 8.57. The Morgan fingerprint density at radius 3 is 2.40 bits per heavy atom. The van der Waals surface area contributed by atoms with Gasteiger partial charge in [0.1, 0.15) is 0 Å². The van der Waals surface area contributed by atoms with Crippen molar-refractivity contribution in [1.29, 1.82) is 0 Å². The molecule has 0 radical (unpaired) electrons. The maximum Gasteiger partial charge on any atom is 0.0364 e. The van der Waals surface area contributed by atoms with E-state index in [9.17, 15) is 0 Å². The third-order valence-corrected chi connectivity index (χ3v) is 2.45. The van der Waals surface area contributed by atoms with Gasteiger partial charge in [-0.25, -0.2) is 0 Å². The van der Waals surface area contributed by atoms with E-state index in [1.54, 1.807) is 0 Å². The summed E-state index contributed by atoms with van der Waals surface area (Å²) in [7, 11) is 0. The normalized spacial score (nSPS) is 11.5. The minimum atomic E-state index is 0.832. The number of hydrogen-bond donors (Lipinski definition) is 0. The standard InChI is InChI=1S/C14H19N/c1-5-15-13(4)12(3)10-14-8-6-11(2)7-9-14/h6-9H,3,5,10H2,1-2,4H3. The first kappa shape index (κ1) is 11.7. The second kappa shape index (κ2) is 5.50. The Hall–Kier alpha value is -1.37. The molecule has 0 aliphatic heterocycles. The van der Waals surface area contributed by atoms with Crippen LogP contribution in [-0.4, -0.2) is 12.3 Å². The molecule has 0 bridgehead atoms. The van der Waals surface area contributed by atoms with Gasteiger partial charge in [-0.2, -0.15) is 0 Å². The minimum absolute atomic E-state index is 0.832.